The highest BCUT2D eigenvalue weighted by Crippen LogP contribution is 2.49. The number of hydrogen-bond acceptors (Lipinski definition) is 1. The van der Waals surface area contributed by atoms with Crippen molar-refractivity contribution in [1.82, 2.24) is 0 Å². The summed E-state index contributed by atoms with van der Waals surface area (Å²) in [5, 5.41) is 9.21. The van der Waals surface area contributed by atoms with Gasteiger partial charge in [0.1, 0.15) is 5.82 Å². The van der Waals surface area contributed by atoms with Gasteiger partial charge in [-0.2, -0.15) is 0 Å². The van der Waals surface area contributed by atoms with Crippen LogP contribution in [-0.2, 0) is 10.2 Å². The van der Waals surface area contributed by atoms with E-state index < -0.39 is 11.4 Å². The van der Waals surface area contributed by atoms with Crippen molar-refractivity contribution in [3.63, 3.8) is 0 Å². The molecule has 1 aliphatic rings. The topological polar surface area (TPSA) is 37.3 Å². The maximum absolute atomic E-state index is 14.2. The maximum atomic E-state index is 14.2. The van der Waals surface area contributed by atoms with E-state index in [1.54, 1.807) is 12.1 Å². The first-order valence-corrected chi connectivity index (χ1v) is 6.22. The summed E-state index contributed by atoms with van der Waals surface area (Å²) < 4.78 is 14.2. The molecular formula is C16H13FO2. The second-order valence-corrected chi connectivity index (χ2v) is 4.95. The van der Waals surface area contributed by atoms with Gasteiger partial charge in [-0.3, -0.25) is 4.79 Å². The molecule has 0 atom stereocenters. The molecule has 1 N–H and O–H groups in total. The fourth-order valence-electron chi connectivity index (χ4n) is 2.42. The molecule has 0 heterocycles. The Bertz CT molecular complexity index is 630. The van der Waals surface area contributed by atoms with Crippen LogP contribution in [0.2, 0.25) is 0 Å². The molecule has 0 saturated heterocycles. The molecule has 0 aromatic heterocycles. The van der Waals surface area contributed by atoms with Crippen molar-refractivity contribution in [3.8, 4) is 11.1 Å². The van der Waals surface area contributed by atoms with E-state index in [0.717, 1.165) is 5.56 Å². The van der Waals surface area contributed by atoms with Gasteiger partial charge in [0.2, 0.25) is 0 Å². The zero-order chi connectivity index (χ0) is 13.5. The summed E-state index contributed by atoms with van der Waals surface area (Å²) in [6.07, 6.45) is 1.18. The second kappa shape index (κ2) is 4.19. The third kappa shape index (κ3) is 1.91. The van der Waals surface area contributed by atoms with Gasteiger partial charge in [-0.1, -0.05) is 42.5 Å². The number of aliphatic carboxylic acids is 1. The van der Waals surface area contributed by atoms with Crippen LogP contribution in [0.4, 0.5) is 4.39 Å². The first-order valence-electron chi connectivity index (χ1n) is 6.22. The molecule has 3 heteroatoms. The molecule has 0 spiro atoms. The van der Waals surface area contributed by atoms with Crippen LogP contribution in [0.1, 0.15) is 18.4 Å². The molecule has 0 aliphatic heterocycles. The number of carboxylic acids is 1. The third-order valence-corrected chi connectivity index (χ3v) is 3.77. The molecular weight excluding hydrogens is 243 g/mol. The van der Waals surface area contributed by atoms with E-state index in [9.17, 15) is 14.3 Å². The summed E-state index contributed by atoms with van der Waals surface area (Å²) in [4.78, 5) is 11.2. The number of halogens is 1. The van der Waals surface area contributed by atoms with Crippen LogP contribution < -0.4 is 0 Å². The van der Waals surface area contributed by atoms with Gasteiger partial charge in [0.05, 0.1) is 5.41 Å². The molecule has 0 radical (unpaired) electrons. The second-order valence-electron chi connectivity index (χ2n) is 4.95. The number of carbonyl (C=O) groups is 1. The lowest BCUT2D eigenvalue weighted by molar-refractivity contribution is -0.140. The summed E-state index contributed by atoms with van der Waals surface area (Å²) in [6.45, 7) is 0. The molecule has 2 aromatic rings. The molecule has 96 valence electrons. The van der Waals surface area contributed by atoms with Crippen molar-refractivity contribution in [2.24, 2.45) is 0 Å². The molecule has 1 fully saturated rings. The monoisotopic (exact) mass is 256 g/mol. The average Bonchev–Trinajstić information content (AvgIpc) is 3.21. The molecule has 3 rings (SSSR count). The van der Waals surface area contributed by atoms with E-state index in [0.29, 0.717) is 24.0 Å². The van der Waals surface area contributed by atoms with E-state index in [2.05, 4.69) is 0 Å². The Hall–Kier alpha value is -2.16. The number of rotatable bonds is 3. The zero-order valence-corrected chi connectivity index (χ0v) is 10.3. The zero-order valence-electron chi connectivity index (χ0n) is 10.3. The highest BCUT2D eigenvalue weighted by molar-refractivity contribution is 5.85. The van der Waals surface area contributed by atoms with Crippen LogP contribution in [0.5, 0.6) is 0 Å². The van der Waals surface area contributed by atoms with Crippen molar-refractivity contribution < 1.29 is 14.3 Å². The minimum atomic E-state index is -0.862. The fraction of sp³-hybridized carbons (Fsp3) is 0.188. The van der Waals surface area contributed by atoms with Crippen LogP contribution in [0.3, 0.4) is 0 Å². The van der Waals surface area contributed by atoms with Gasteiger partial charge >= 0.3 is 5.97 Å². The van der Waals surface area contributed by atoms with E-state index >= 15 is 0 Å². The Kier molecular flexibility index (Phi) is 2.63. The van der Waals surface area contributed by atoms with Crippen LogP contribution in [0.25, 0.3) is 11.1 Å². The number of hydrogen-bond donors (Lipinski definition) is 1. The van der Waals surface area contributed by atoms with E-state index in [1.165, 1.54) is 6.07 Å². The Labute approximate surface area is 110 Å². The SMILES string of the molecule is O=C(O)C1(c2ccc(-c3ccccc3)c(F)c2)CC1. The lowest BCUT2D eigenvalue weighted by Gasteiger charge is -2.12. The van der Waals surface area contributed by atoms with Gasteiger partial charge < -0.3 is 5.11 Å². The summed E-state index contributed by atoms with van der Waals surface area (Å²) in [5.74, 6) is -1.23. The Balaban J connectivity index is 2.02. The van der Waals surface area contributed by atoms with Crippen LogP contribution in [0.15, 0.2) is 48.5 Å². The van der Waals surface area contributed by atoms with Gasteiger partial charge in [0, 0.05) is 5.56 Å². The van der Waals surface area contributed by atoms with Gasteiger partial charge in [0.25, 0.3) is 0 Å². The van der Waals surface area contributed by atoms with Gasteiger partial charge in [-0.15, -0.1) is 0 Å². The Morgan fingerprint density at radius 2 is 1.79 bits per heavy atom. The minimum absolute atomic E-state index is 0.365. The van der Waals surface area contributed by atoms with Crippen molar-refractivity contribution in [2.45, 2.75) is 18.3 Å². The fourth-order valence-corrected chi connectivity index (χ4v) is 2.42. The summed E-state index contributed by atoms with van der Waals surface area (Å²) in [5.41, 5.74) is 1.02. The normalized spacial score (nSPS) is 16.1. The van der Waals surface area contributed by atoms with Gasteiger partial charge in [-0.05, 0) is 30.0 Å². The summed E-state index contributed by atoms with van der Waals surface area (Å²) >= 11 is 0. The van der Waals surface area contributed by atoms with E-state index in [-0.39, 0.29) is 5.82 Å². The predicted molar refractivity (Wildman–Crippen MR) is 70.4 cm³/mol. The van der Waals surface area contributed by atoms with Crippen LogP contribution in [0, 0.1) is 5.82 Å². The summed E-state index contributed by atoms with van der Waals surface area (Å²) in [6, 6.07) is 14.0. The standard InChI is InChI=1S/C16H13FO2/c17-14-10-12(16(8-9-16)15(18)19)6-7-13(14)11-4-2-1-3-5-11/h1-7,10H,8-9H2,(H,18,19). The minimum Gasteiger partial charge on any atom is -0.481 e. The molecule has 19 heavy (non-hydrogen) atoms. The summed E-state index contributed by atoms with van der Waals surface area (Å²) in [7, 11) is 0. The molecule has 2 aromatic carbocycles. The van der Waals surface area contributed by atoms with Crippen molar-refractivity contribution in [1.29, 1.82) is 0 Å². The lowest BCUT2D eigenvalue weighted by Crippen LogP contribution is -2.19. The van der Waals surface area contributed by atoms with E-state index in [1.807, 2.05) is 30.3 Å². The molecule has 0 amide bonds. The molecule has 1 saturated carbocycles. The third-order valence-electron chi connectivity index (χ3n) is 3.77. The highest BCUT2D eigenvalue weighted by atomic mass is 19.1. The molecule has 1 aliphatic carbocycles. The average molecular weight is 256 g/mol. The quantitative estimate of drug-likeness (QED) is 0.910. The van der Waals surface area contributed by atoms with E-state index in [4.69, 9.17) is 0 Å². The first-order chi connectivity index (χ1) is 9.13. The maximum Gasteiger partial charge on any atom is 0.314 e. The van der Waals surface area contributed by atoms with Crippen LogP contribution in [-0.4, -0.2) is 11.1 Å². The lowest BCUT2D eigenvalue weighted by atomic mass is 9.93. The van der Waals surface area contributed by atoms with Gasteiger partial charge in [0.15, 0.2) is 0 Å². The largest absolute Gasteiger partial charge is 0.481 e. The first kappa shape index (κ1) is 11.9. The van der Waals surface area contributed by atoms with Gasteiger partial charge in [-0.25, -0.2) is 4.39 Å². The Morgan fingerprint density at radius 3 is 2.32 bits per heavy atom. The number of benzene rings is 2. The number of carboxylic acid groups (broad SMARTS) is 1. The Morgan fingerprint density at radius 1 is 1.11 bits per heavy atom. The van der Waals surface area contributed by atoms with Crippen molar-refractivity contribution in [2.75, 3.05) is 0 Å². The van der Waals surface area contributed by atoms with Crippen molar-refractivity contribution >= 4 is 5.97 Å². The van der Waals surface area contributed by atoms with Crippen LogP contribution >= 0.6 is 0 Å². The predicted octanol–water partition coefficient (Wildman–Crippen LogP) is 3.61. The highest BCUT2D eigenvalue weighted by Gasteiger charge is 2.51. The smallest absolute Gasteiger partial charge is 0.314 e. The molecule has 0 unspecified atom stereocenters. The molecule has 2 nitrogen and oxygen atoms in total. The molecule has 0 bridgehead atoms. The van der Waals surface area contributed by atoms with Crippen molar-refractivity contribution in [3.05, 3.63) is 59.9 Å².